The van der Waals surface area contributed by atoms with E-state index in [1.807, 2.05) is 0 Å². The third-order valence-corrected chi connectivity index (χ3v) is 4.85. The largest absolute Gasteiger partial charge is 0.497 e. The monoisotopic (exact) mass is 359 g/mol. The SMILES string of the molecule is COc1ccc2oc(=O)c(C(=O)NC3CC(C)(C)[NH2+]C(C)(C)C3)cc2c1. The summed E-state index contributed by atoms with van der Waals surface area (Å²) in [6.07, 6.45) is 1.68. The highest BCUT2D eigenvalue weighted by atomic mass is 16.5. The van der Waals surface area contributed by atoms with Gasteiger partial charge in [0, 0.05) is 24.3 Å². The van der Waals surface area contributed by atoms with E-state index in [9.17, 15) is 9.59 Å². The summed E-state index contributed by atoms with van der Waals surface area (Å²) in [4.78, 5) is 25.0. The average molecular weight is 359 g/mol. The molecule has 0 spiro atoms. The molecule has 2 aromatic rings. The predicted octanol–water partition coefficient (Wildman–Crippen LogP) is 1.81. The molecule has 1 aliphatic heterocycles. The van der Waals surface area contributed by atoms with Gasteiger partial charge in [-0.15, -0.1) is 0 Å². The van der Waals surface area contributed by atoms with Gasteiger partial charge in [0.25, 0.3) is 5.91 Å². The summed E-state index contributed by atoms with van der Waals surface area (Å²) in [5.41, 5.74) is -0.110. The Labute approximate surface area is 152 Å². The van der Waals surface area contributed by atoms with Crippen molar-refractivity contribution in [2.45, 2.75) is 57.7 Å². The fourth-order valence-corrected chi connectivity index (χ4v) is 4.27. The minimum absolute atomic E-state index is 0.0120. The van der Waals surface area contributed by atoms with E-state index < -0.39 is 5.63 Å². The number of nitrogens with two attached hydrogens (primary N) is 1. The van der Waals surface area contributed by atoms with Crippen molar-refractivity contribution < 1.29 is 19.3 Å². The zero-order valence-electron chi connectivity index (χ0n) is 16.0. The first kappa shape index (κ1) is 18.5. The van der Waals surface area contributed by atoms with Gasteiger partial charge in [0.05, 0.1) is 18.2 Å². The van der Waals surface area contributed by atoms with Crippen molar-refractivity contribution in [1.29, 1.82) is 0 Å². The Morgan fingerprint density at radius 3 is 2.46 bits per heavy atom. The van der Waals surface area contributed by atoms with Crippen LogP contribution in [0.3, 0.4) is 0 Å². The topological polar surface area (TPSA) is 85.1 Å². The van der Waals surface area contributed by atoms with Gasteiger partial charge in [-0.1, -0.05) is 0 Å². The Morgan fingerprint density at radius 2 is 1.85 bits per heavy atom. The first-order valence-electron chi connectivity index (χ1n) is 8.88. The highest BCUT2D eigenvalue weighted by molar-refractivity contribution is 5.97. The minimum Gasteiger partial charge on any atom is -0.497 e. The van der Waals surface area contributed by atoms with Gasteiger partial charge in [-0.25, -0.2) is 4.79 Å². The van der Waals surface area contributed by atoms with E-state index in [0.717, 1.165) is 12.8 Å². The lowest BCUT2D eigenvalue weighted by molar-refractivity contribution is -0.787. The molecule has 0 bridgehead atoms. The second kappa shape index (κ2) is 6.43. The molecule has 0 atom stereocenters. The average Bonchev–Trinajstić information content (AvgIpc) is 2.50. The lowest BCUT2D eigenvalue weighted by Gasteiger charge is -2.43. The molecule has 1 saturated heterocycles. The lowest BCUT2D eigenvalue weighted by Crippen LogP contribution is -3.06. The van der Waals surface area contributed by atoms with Gasteiger partial charge >= 0.3 is 5.63 Å². The molecule has 6 heteroatoms. The number of piperidine rings is 1. The molecular formula is C20H27N2O4+. The van der Waals surface area contributed by atoms with E-state index in [4.69, 9.17) is 9.15 Å². The molecule has 1 aliphatic rings. The number of ether oxygens (including phenoxy) is 1. The molecule has 140 valence electrons. The standard InChI is InChI=1S/C20H26N2O4/c1-19(2)10-13(11-20(3,4)22-19)21-17(23)15-9-12-8-14(25-5)6-7-16(12)26-18(15)24/h6-9,13,22H,10-11H2,1-5H3,(H,21,23)/p+1. The fourth-order valence-electron chi connectivity index (χ4n) is 4.27. The summed E-state index contributed by atoms with van der Waals surface area (Å²) in [6, 6.07) is 6.71. The van der Waals surface area contributed by atoms with Crippen LogP contribution < -0.4 is 21.0 Å². The van der Waals surface area contributed by atoms with Crippen molar-refractivity contribution >= 4 is 16.9 Å². The Morgan fingerprint density at radius 1 is 1.19 bits per heavy atom. The maximum atomic E-state index is 12.7. The van der Waals surface area contributed by atoms with Crippen LogP contribution in [0.15, 0.2) is 33.5 Å². The second-order valence-electron chi connectivity index (χ2n) is 8.55. The van der Waals surface area contributed by atoms with E-state index in [-0.39, 0.29) is 28.6 Å². The van der Waals surface area contributed by atoms with Gasteiger partial charge in [0.1, 0.15) is 16.9 Å². The minimum atomic E-state index is -0.624. The van der Waals surface area contributed by atoms with Crippen LogP contribution in [-0.4, -0.2) is 30.1 Å². The number of carbonyl (C=O) groups is 1. The summed E-state index contributed by atoms with van der Waals surface area (Å²) in [5.74, 6) is 0.256. The van der Waals surface area contributed by atoms with Gasteiger partial charge in [-0.05, 0) is 52.0 Å². The summed E-state index contributed by atoms with van der Waals surface area (Å²) >= 11 is 0. The van der Waals surface area contributed by atoms with Crippen LogP contribution in [0.4, 0.5) is 0 Å². The molecule has 0 aliphatic carbocycles. The molecule has 0 radical (unpaired) electrons. The van der Waals surface area contributed by atoms with Crippen molar-refractivity contribution in [2.24, 2.45) is 0 Å². The van der Waals surface area contributed by atoms with E-state index in [1.54, 1.807) is 31.4 Å². The Kier molecular flexibility index (Phi) is 4.56. The predicted molar refractivity (Wildman–Crippen MR) is 99.6 cm³/mol. The van der Waals surface area contributed by atoms with Crippen LogP contribution in [-0.2, 0) is 0 Å². The fraction of sp³-hybridized carbons (Fsp3) is 0.500. The zero-order chi connectivity index (χ0) is 19.1. The normalized spacial score (nSPS) is 19.3. The second-order valence-corrected chi connectivity index (χ2v) is 8.55. The van der Waals surface area contributed by atoms with E-state index in [1.165, 1.54) is 0 Å². The lowest BCUT2D eigenvalue weighted by atomic mass is 9.79. The molecule has 6 nitrogen and oxygen atoms in total. The number of benzene rings is 1. The quantitative estimate of drug-likeness (QED) is 0.819. The third-order valence-electron chi connectivity index (χ3n) is 4.85. The number of methoxy groups -OCH3 is 1. The molecular weight excluding hydrogens is 332 g/mol. The Bertz CT molecular complexity index is 882. The van der Waals surface area contributed by atoms with Crippen LogP contribution in [0.1, 0.15) is 50.9 Å². The Balaban J connectivity index is 1.87. The highest BCUT2D eigenvalue weighted by Crippen LogP contribution is 2.23. The third kappa shape index (κ3) is 3.90. The van der Waals surface area contributed by atoms with Gasteiger partial charge < -0.3 is 19.8 Å². The van der Waals surface area contributed by atoms with Crippen molar-refractivity contribution in [3.8, 4) is 5.75 Å². The van der Waals surface area contributed by atoms with Crippen molar-refractivity contribution in [2.75, 3.05) is 7.11 Å². The van der Waals surface area contributed by atoms with Gasteiger partial charge in [-0.2, -0.15) is 0 Å². The number of amides is 1. The molecule has 1 fully saturated rings. The molecule has 3 N–H and O–H groups in total. The number of nitrogens with one attached hydrogen (secondary N) is 1. The molecule has 2 heterocycles. The first-order valence-corrected chi connectivity index (χ1v) is 8.88. The number of rotatable bonds is 3. The zero-order valence-corrected chi connectivity index (χ0v) is 16.0. The van der Waals surface area contributed by atoms with Gasteiger partial charge in [0.15, 0.2) is 0 Å². The van der Waals surface area contributed by atoms with Crippen LogP contribution in [0.25, 0.3) is 11.0 Å². The summed E-state index contributed by atoms with van der Waals surface area (Å²) < 4.78 is 10.5. The van der Waals surface area contributed by atoms with Crippen LogP contribution >= 0.6 is 0 Å². The van der Waals surface area contributed by atoms with Crippen molar-refractivity contribution in [3.63, 3.8) is 0 Å². The maximum absolute atomic E-state index is 12.7. The van der Waals surface area contributed by atoms with Crippen LogP contribution in [0.2, 0.25) is 0 Å². The summed E-state index contributed by atoms with van der Waals surface area (Å²) in [5, 5.41) is 6.04. The van der Waals surface area contributed by atoms with E-state index >= 15 is 0 Å². The molecule has 1 aromatic carbocycles. The molecule has 1 amide bonds. The van der Waals surface area contributed by atoms with Crippen molar-refractivity contribution in [1.82, 2.24) is 5.32 Å². The summed E-state index contributed by atoms with van der Waals surface area (Å²) in [6.45, 7) is 8.68. The number of fused-ring (bicyclic) bond motifs is 1. The van der Waals surface area contributed by atoms with Gasteiger partial charge in [-0.3, -0.25) is 4.79 Å². The van der Waals surface area contributed by atoms with Crippen LogP contribution in [0, 0.1) is 0 Å². The summed E-state index contributed by atoms with van der Waals surface area (Å²) in [7, 11) is 1.57. The van der Waals surface area contributed by atoms with E-state index in [2.05, 4.69) is 38.3 Å². The highest BCUT2D eigenvalue weighted by Gasteiger charge is 2.42. The smallest absolute Gasteiger partial charge is 0.349 e. The van der Waals surface area contributed by atoms with Gasteiger partial charge in [0.2, 0.25) is 0 Å². The molecule has 0 unspecified atom stereocenters. The Hall–Kier alpha value is -2.34. The molecule has 3 rings (SSSR count). The molecule has 0 saturated carbocycles. The first-order chi connectivity index (χ1) is 12.1. The van der Waals surface area contributed by atoms with Crippen molar-refractivity contribution in [3.05, 3.63) is 40.2 Å². The van der Waals surface area contributed by atoms with Crippen LogP contribution in [0.5, 0.6) is 5.75 Å². The number of carbonyl (C=O) groups excluding carboxylic acids is 1. The van der Waals surface area contributed by atoms with E-state index in [0.29, 0.717) is 16.7 Å². The number of hydrogen-bond acceptors (Lipinski definition) is 4. The number of hydrogen-bond donors (Lipinski definition) is 2. The molecule has 26 heavy (non-hydrogen) atoms. The number of quaternary nitrogens is 1. The maximum Gasteiger partial charge on any atom is 0.349 e. The molecule has 1 aromatic heterocycles.